The van der Waals surface area contributed by atoms with Gasteiger partial charge in [0.1, 0.15) is 23.8 Å². The Hall–Kier alpha value is -3.94. The summed E-state index contributed by atoms with van der Waals surface area (Å²) in [5, 5.41) is 6.31. The third-order valence-electron chi connectivity index (χ3n) is 5.34. The molecule has 0 spiro atoms. The van der Waals surface area contributed by atoms with Gasteiger partial charge in [0.15, 0.2) is 11.6 Å². The fourth-order valence-electron chi connectivity index (χ4n) is 3.84. The van der Waals surface area contributed by atoms with Gasteiger partial charge in [0.2, 0.25) is 0 Å². The number of hydrogen-bond acceptors (Lipinski definition) is 7. The van der Waals surface area contributed by atoms with E-state index in [1.54, 1.807) is 33.4 Å². The second kappa shape index (κ2) is 9.36. The Labute approximate surface area is 222 Å². The van der Waals surface area contributed by atoms with Gasteiger partial charge in [-0.05, 0) is 68.8 Å². The van der Waals surface area contributed by atoms with Crippen molar-refractivity contribution in [3.8, 4) is 17.2 Å². The fourth-order valence-corrected chi connectivity index (χ4v) is 4.31. The molecule has 3 aromatic rings. The van der Waals surface area contributed by atoms with E-state index in [2.05, 4.69) is 24.8 Å². The average molecular weight is 574 g/mol. The van der Waals surface area contributed by atoms with Gasteiger partial charge >= 0.3 is 10.5 Å². The molecule has 0 bridgehead atoms. The monoisotopic (exact) mass is 573 g/mol. The largest absolute Gasteiger partial charge is 0.495 e. The maximum Gasteiger partial charge on any atom is 0.435 e. The molecule has 1 aliphatic rings. The van der Waals surface area contributed by atoms with Crippen LogP contribution in [0.3, 0.4) is 0 Å². The van der Waals surface area contributed by atoms with Crippen molar-refractivity contribution in [3.63, 3.8) is 0 Å². The van der Waals surface area contributed by atoms with E-state index in [1.165, 1.54) is 12.1 Å². The smallest absolute Gasteiger partial charge is 0.435 e. The molecule has 2 aromatic carbocycles. The minimum absolute atomic E-state index is 0.361. The van der Waals surface area contributed by atoms with Crippen molar-refractivity contribution in [2.24, 2.45) is 4.99 Å². The van der Waals surface area contributed by atoms with Crippen molar-refractivity contribution in [2.45, 2.75) is 26.4 Å². The first kappa shape index (κ1) is 28.1. The summed E-state index contributed by atoms with van der Waals surface area (Å²) in [5.41, 5.74) is 1.97. The molecule has 14 heteroatoms. The maximum atomic E-state index is 12.6. The molecule has 0 atom stereocenters. The van der Waals surface area contributed by atoms with Crippen LogP contribution in [0.2, 0.25) is 0 Å². The second-order valence-electron chi connectivity index (χ2n) is 9.32. The number of imidazole rings is 1. The lowest BCUT2D eigenvalue weighted by Crippen LogP contribution is -2.51. The highest BCUT2D eigenvalue weighted by atomic mass is 32.5. The van der Waals surface area contributed by atoms with Gasteiger partial charge in [-0.25, -0.2) is 4.98 Å². The molecule has 4 rings (SSSR count). The van der Waals surface area contributed by atoms with Crippen molar-refractivity contribution in [3.05, 3.63) is 72.0 Å². The van der Waals surface area contributed by atoms with E-state index in [0.717, 1.165) is 29.1 Å². The first-order valence-corrected chi connectivity index (χ1v) is 13.6. The summed E-state index contributed by atoms with van der Waals surface area (Å²) >= 11 is 0. The van der Waals surface area contributed by atoms with Crippen LogP contribution in [0.15, 0.2) is 65.7 Å². The van der Waals surface area contributed by atoms with Crippen molar-refractivity contribution in [1.82, 2.24) is 14.9 Å². The summed E-state index contributed by atoms with van der Waals surface area (Å²) in [6, 6.07) is 9.67. The van der Waals surface area contributed by atoms with E-state index in [0.29, 0.717) is 36.2 Å². The number of hydrogen-bond donors (Lipinski definition) is 2. The molecule has 39 heavy (non-hydrogen) atoms. The zero-order valence-electron chi connectivity index (χ0n) is 21.6. The number of ether oxygens (including phenoxy) is 2. The number of rotatable bonds is 8. The number of aromatic nitrogens is 2. The average Bonchev–Trinajstić information content (AvgIpc) is 3.25. The van der Waals surface area contributed by atoms with Crippen LogP contribution in [-0.2, 0) is 4.74 Å². The van der Waals surface area contributed by atoms with Gasteiger partial charge in [0.25, 0.3) is 0 Å². The van der Waals surface area contributed by atoms with Gasteiger partial charge in [-0.3, -0.25) is 4.99 Å². The zero-order chi connectivity index (χ0) is 28.5. The topological polar surface area (TPSA) is 81.9 Å². The molecule has 0 unspecified atom stereocenters. The Morgan fingerprint density at radius 1 is 1.05 bits per heavy atom. The van der Waals surface area contributed by atoms with E-state index in [-0.39, 0.29) is 0 Å². The van der Waals surface area contributed by atoms with Crippen LogP contribution < -0.4 is 19.6 Å². The minimum atomic E-state index is -10.0. The Bertz CT molecular complexity index is 1420. The molecule has 2 heterocycles. The predicted molar refractivity (Wildman–Crippen MR) is 142 cm³/mol. The van der Waals surface area contributed by atoms with E-state index >= 15 is 0 Å². The molecule has 212 valence electrons. The number of halogens is 5. The van der Waals surface area contributed by atoms with E-state index in [4.69, 9.17) is 9.47 Å². The molecule has 0 aliphatic carbocycles. The first-order chi connectivity index (χ1) is 18.0. The number of aliphatic imine (C=N–C) groups is 1. The summed E-state index contributed by atoms with van der Waals surface area (Å²) in [6.45, 7) is 6.23. The highest BCUT2D eigenvalue weighted by Gasteiger charge is 2.67. The van der Waals surface area contributed by atoms with Crippen LogP contribution >= 0.6 is 10.5 Å². The normalized spacial score (nSPS) is 16.9. The number of nitrogens with zero attached hydrogens (tertiary/aromatic N) is 3. The number of aryl methyl sites for hydroxylation is 1. The molecule has 8 nitrogen and oxygen atoms in total. The van der Waals surface area contributed by atoms with Gasteiger partial charge < -0.3 is 28.9 Å². The molecule has 1 aliphatic heterocycles. The van der Waals surface area contributed by atoms with Crippen molar-refractivity contribution < 1.29 is 33.1 Å². The van der Waals surface area contributed by atoms with Crippen LogP contribution in [0.4, 0.5) is 25.1 Å². The molecular weight excluding hydrogens is 545 g/mol. The molecule has 0 radical (unpaired) electrons. The highest BCUT2D eigenvalue weighted by molar-refractivity contribution is 8.42. The van der Waals surface area contributed by atoms with Crippen LogP contribution in [0.1, 0.15) is 25.1 Å². The molecule has 2 N–H and O–H groups in total. The van der Waals surface area contributed by atoms with Gasteiger partial charge in [-0.2, -0.15) is 0 Å². The lowest BCUT2D eigenvalue weighted by molar-refractivity contribution is 0.230. The molecule has 1 aromatic heterocycles. The predicted octanol–water partition coefficient (Wildman–Crippen LogP) is 6.99. The van der Waals surface area contributed by atoms with Crippen LogP contribution in [0, 0.1) is 6.92 Å². The quantitative estimate of drug-likeness (QED) is 0.223. The Balaban J connectivity index is 1.49. The third-order valence-corrected chi connectivity index (χ3v) is 5.85. The van der Waals surface area contributed by atoms with Gasteiger partial charge in [-0.15, -0.1) is 0 Å². The number of benzene rings is 2. The van der Waals surface area contributed by atoms with Gasteiger partial charge in [0, 0.05) is 11.9 Å². The van der Waals surface area contributed by atoms with E-state index in [1.807, 2.05) is 35.9 Å². The van der Waals surface area contributed by atoms with E-state index in [9.17, 15) is 19.4 Å². The summed E-state index contributed by atoms with van der Waals surface area (Å²) in [5.74, 6) is 0.547. The van der Waals surface area contributed by atoms with Crippen LogP contribution in [0.25, 0.3) is 11.8 Å². The molecule has 0 saturated heterocycles. The third kappa shape index (κ3) is 8.02. The summed E-state index contributed by atoms with van der Waals surface area (Å²) in [4.78, 5) is 8.77. The van der Waals surface area contributed by atoms with Crippen molar-refractivity contribution >= 4 is 28.1 Å². The Kier molecular flexibility index (Phi) is 6.74. The highest BCUT2D eigenvalue weighted by Crippen LogP contribution is 2.97. The van der Waals surface area contributed by atoms with Crippen LogP contribution in [-0.4, -0.2) is 41.3 Å². The second-order valence-corrected chi connectivity index (χ2v) is 11.3. The molecular formula is C25H28F5N5O3S. The van der Waals surface area contributed by atoms with Crippen LogP contribution in [0.5, 0.6) is 11.5 Å². The molecule has 0 fully saturated rings. The number of methoxy groups -OCH3 is 1. The lowest BCUT2D eigenvalue weighted by atomic mass is 10.1. The Morgan fingerprint density at radius 3 is 2.38 bits per heavy atom. The minimum Gasteiger partial charge on any atom is -0.495 e. The maximum absolute atomic E-state index is 12.6. The summed E-state index contributed by atoms with van der Waals surface area (Å²) in [7, 11) is -8.47. The van der Waals surface area contributed by atoms with Gasteiger partial charge in [-0.1, -0.05) is 25.5 Å². The summed E-state index contributed by atoms with van der Waals surface area (Å²) < 4.78 is 79.3. The number of nitrogens with one attached hydrogen (secondary N) is 2. The van der Waals surface area contributed by atoms with Crippen molar-refractivity contribution in [1.29, 1.82) is 0 Å². The van der Waals surface area contributed by atoms with Gasteiger partial charge in [0.05, 0.1) is 31.4 Å². The molecule has 0 saturated carbocycles. The lowest BCUT2D eigenvalue weighted by Gasteiger charge is -2.39. The number of amidine groups is 1. The Morgan fingerprint density at radius 2 is 1.77 bits per heavy atom. The number of anilines is 1. The summed E-state index contributed by atoms with van der Waals surface area (Å²) in [6.07, 6.45) is 5.39. The standard InChI is InChI=1S/C25H28F5N5O3S/c1-17-15-35(16-32-17)21-10-5-18(13-22(21)36-4)14-23-24(31-11-12-37-23)34-25(2,3)33-19-6-8-20(9-7-19)38-39(26,27,28,29)30/h5-10,13-16,33H,11-12H2,1-4H3,(H,31,34)/b23-14-. The van der Waals surface area contributed by atoms with Crippen molar-refractivity contribution in [2.75, 3.05) is 25.6 Å². The fraction of sp³-hybridized carbons (Fsp3) is 0.280. The van der Waals surface area contributed by atoms with E-state index < -0.39 is 21.9 Å². The first-order valence-electron chi connectivity index (χ1n) is 11.7. The molecule has 0 amide bonds. The zero-order valence-corrected chi connectivity index (χ0v) is 22.4. The SMILES string of the molecule is COc1cc(/C=C2\OCCN=C2NC(C)(C)Nc2ccc(OS(F)(F)(F)(F)F)cc2)ccc1-n1cnc(C)c1.